The Morgan fingerprint density at radius 3 is 1.50 bits per heavy atom. The number of hydrogen-bond donors (Lipinski definition) is 4. The summed E-state index contributed by atoms with van der Waals surface area (Å²) >= 11 is 0. The van der Waals surface area contributed by atoms with E-state index < -0.39 is 35.7 Å². The summed E-state index contributed by atoms with van der Waals surface area (Å²) in [5.41, 5.74) is 5.76. The van der Waals surface area contributed by atoms with Crippen LogP contribution in [0.15, 0.2) is 101 Å². The summed E-state index contributed by atoms with van der Waals surface area (Å²) in [6, 6.07) is 17.1. The molecule has 4 atom stereocenters. The van der Waals surface area contributed by atoms with Gasteiger partial charge in [-0.15, -0.1) is 0 Å². The number of fused-ring (bicyclic) bond motifs is 5. The first-order chi connectivity index (χ1) is 52.0. The third kappa shape index (κ3) is 22.7. The largest absolute Gasteiger partial charge is 0.493 e. The molecule has 574 valence electrons. The van der Waals surface area contributed by atoms with E-state index in [9.17, 15) is 38.4 Å². The lowest BCUT2D eigenvalue weighted by molar-refractivity contribution is -0.137. The minimum Gasteiger partial charge on any atom is -0.493 e. The van der Waals surface area contributed by atoms with Crippen molar-refractivity contribution in [3.63, 3.8) is 0 Å². The van der Waals surface area contributed by atoms with E-state index in [4.69, 9.17) is 76.3 Å². The molecule has 31 nitrogen and oxygen atoms in total. The molecule has 0 fully saturated rings. The van der Waals surface area contributed by atoms with Gasteiger partial charge in [0, 0.05) is 100.0 Å². The molecule has 0 saturated carbocycles. The molecule has 6 aliphatic rings. The number of amides is 8. The molecule has 107 heavy (non-hydrogen) atoms. The summed E-state index contributed by atoms with van der Waals surface area (Å²) in [4.78, 5) is 117. The first-order valence-corrected chi connectivity index (χ1v) is 35.7. The molecule has 0 unspecified atom stereocenters. The molecular formula is C76H93N9O22. The fourth-order valence-corrected chi connectivity index (χ4v) is 11.9. The van der Waals surface area contributed by atoms with Gasteiger partial charge in [0.2, 0.25) is 30.4 Å². The maximum absolute atomic E-state index is 14.2. The summed E-state index contributed by atoms with van der Waals surface area (Å²) in [7, 11) is 3.02. The van der Waals surface area contributed by atoms with Crippen LogP contribution in [0.5, 0.6) is 34.5 Å². The van der Waals surface area contributed by atoms with Crippen LogP contribution in [-0.4, -0.2) is 252 Å². The van der Waals surface area contributed by atoms with Crippen LogP contribution in [0.2, 0.25) is 0 Å². The summed E-state index contributed by atoms with van der Waals surface area (Å²) in [6.07, 6.45) is 11.1. The Balaban J connectivity index is 0.539. The number of methoxy groups -OCH3 is 2. The molecule has 0 bridgehead atoms. The van der Waals surface area contributed by atoms with Crippen molar-refractivity contribution in [1.29, 1.82) is 0 Å². The monoisotopic (exact) mass is 1480 g/mol. The molecule has 0 spiro atoms. The fraction of sp³-hybridized carbons (Fsp3) is 0.474. The van der Waals surface area contributed by atoms with Crippen LogP contribution in [0, 0.1) is 5.92 Å². The van der Waals surface area contributed by atoms with Gasteiger partial charge in [0.05, 0.1) is 168 Å². The van der Waals surface area contributed by atoms with E-state index in [1.54, 1.807) is 79.4 Å². The first kappa shape index (κ1) is 79.4. The van der Waals surface area contributed by atoms with Crippen LogP contribution in [-0.2, 0) is 66.7 Å². The first-order valence-electron chi connectivity index (χ1n) is 35.7. The van der Waals surface area contributed by atoms with Crippen LogP contribution < -0.4 is 49.7 Å². The molecular weight excluding hydrogens is 1390 g/mol. The smallest absolute Gasteiger partial charge is 0.260 e. The van der Waals surface area contributed by atoms with Crippen LogP contribution in [0.4, 0.5) is 17.1 Å². The molecule has 0 aliphatic carbocycles. The lowest BCUT2D eigenvalue weighted by Crippen LogP contribution is -2.53. The third-order valence-corrected chi connectivity index (χ3v) is 17.6. The van der Waals surface area contributed by atoms with Gasteiger partial charge in [-0.1, -0.05) is 32.0 Å². The van der Waals surface area contributed by atoms with Crippen molar-refractivity contribution < 1.29 is 105 Å². The summed E-state index contributed by atoms with van der Waals surface area (Å²) < 4.78 is 78.9. The Bertz CT molecular complexity index is 3920. The number of imide groups is 1. The average Bonchev–Trinajstić information content (AvgIpc) is 1.66. The summed E-state index contributed by atoms with van der Waals surface area (Å²) in [5, 5.41) is 11.0. The van der Waals surface area contributed by atoms with Crippen molar-refractivity contribution in [2.45, 2.75) is 77.0 Å². The predicted molar refractivity (Wildman–Crippen MR) is 390 cm³/mol. The number of nitrogens with zero attached hydrogens (tertiary/aromatic N) is 5. The van der Waals surface area contributed by atoms with Crippen molar-refractivity contribution in [2.75, 3.05) is 158 Å². The van der Waals surface area contributed by atoms with Gasteiger partial charge in [0.25, 0.3) is 23.6 Å². The zero-order valence-electron chi connectivity index (χ0n) is 60.8. The maximum atomic E-state index is 14.2. The van der Waals surface area contributed by atoms with E-state index >= 15 is 0 Å². The SMILES string of the molecule is COc1cc2c(cc1OCCCOc1cc3c(cc1OC)C(=O)N1C=C(c4ccc5c(c4)OCO5)C[C@H]1C=N3)N=C[C@@H]1CC(c3ccc(NC(=O)[C@H](C)NC(=O)[C@H](NC(=O)CCOCCOCCOCCOCCOCCOCCOCCOCCNC(=O)CCN4C(=O)C=CC4=O)C(C)C)cc3)=CN1C2=O. The van der Waals surface area contributed by atoms with Crippen LogP contribution in [0.1, 0.15) is 84.7 Å². The van der Waals surface area contributed by atoms with E-state index in [2.05, 4.69) is 21.3 Å². The molecule has 31 heteroatoms. The van der Waals surface area contributed by atoms with Gasteiger partial charge in [-0.2, -0.15) is 0 Å². The minimum absolute atomic E-state index is 0.0104. The number of rotatable bonds is 46. The Kier molecular flexibility index (Phi) is 30.1. The number of carbonyl (C=O) groups is 8. The Morgan fingerprint density at radius 2 is 0.991 bits per heavy atom. The third-order valence-electron chi connectivity index (χ3n) is 17.6. The molecule has 6 aliphatic heterocycles. The van der Waals surface area contributed by atoms with Crippen molar-refractivity contribution >= 4 is 87.9 Å². The second kappa shape index (κ2) is 40.6. The van der Waals surface area contributed by atoms with E-state index in [1.165, 1.54) is 26.4 Å². The molecule has 10 rings (SSSR count). The molecule has 0 radical (unpaired) electrons. The van der Waals surface area contributed by atoms with E-state index in [0.29, 0.717) is 181 Å². The Hall–Kier alpha value is -10.1. The van der Waals surface area contributed by atoms with Crippen molar-refractivity contribution in [2.24, 2.45) is 15.9 Å². The average molecular weight is 1480 g/mol. The minimum atomic E-state index is -0.945. The molecule has 0 aromatic heterocycles. The zero-order valence-corrected chi connectivity index (χ0v) is 60.8. The van der Waals surface area contributed by atoms with E-state index in [0.717, 1.165) is 27.2 Å². The van der Waals surface area contributed by atoms with Crippen LogP contribution in [0.25, 0.3) is 11.1 Å². The molecule has 4 aromatic rings. The van der Waals surface area contributed by atoms with E-state index in [1.807, 2.05) is 42.7 Å². The van der Waals surface area contributed by atoms with Crippen molar-refractivity contribution in [1.82, 2.24) is 30.7 Å². The zero-order chi connectivity index (χ0) is 75.4. The molecule has 6 heterocycles. The molecule has 8 amide bonds. The topological polar surface area (TPSA) is 348 Å². The van der Waals surface area contributed by atoms with Gasteiger partial charge >= 0.3 is 0 Å². The quantitative estimate of drug-likeness (QED) is 0.0302. The van der Waals surface area contributed by atoms with Gasteiger partial charge in [-0.25, -0.2) is 0 Å². The molecule has 4 N–H and O–H groups in total. The number of hydrogen-bond acceptors (Lipinski definition) is 24. The van der Waals surface area contributed by atoms with Crippen LogP contribution in [0.3, 0.4) is 0 Å². The van der Waals surface area contributed by atoms with E-state index in [-0.39, 0.29) is 94.2 Å². The number of anilines is 1. The summed E-state index contributed by atoms with van der Waals surface area (Å²) in [5.74, 6) is -0.287. The van der Waals surface area contributed by atoms with Gasteiger partial charge in [0.1, 0.15) is 12.1 Å². The maximum Gasteiger partial charge on any atom is 0.260 e. The lowest BCUT2D eigenvalue weighted by atomic mass is 10.0. The number of ether oxygens (including phenoxy) is 14. The number of nitrogens with one attached hydrogen (secondary N) is 4. The number of carbonyl (C=O) groups excluding carboxylic acids is 8. The van der Waals surface area contributed by atoms with Gasteiger partial charge in [-0.05, 0) is 71.5 Å². The second-order valence-corrected chi connectivity index (χ2v) is 25.5. The molecule has 0 saturated heterocycles. The highest BCUT2D eigenvalue weighted by molar-refractivity contribution is 6.13. The van der Waals surface area contributed by atoms with Gasteiger partial charge in [-0.3, -0.25) is 53.2 Å². The Morgan fingerprint density at radius 1 is 0.514 bits per heavy atom. The fourth-order valence-electron chi connectivity index (χ4n) is 11.9. The highest BCUT2D eigenvalue weighted by Crippen LogP contribution is 2.43. The number of benzene rings is 4. The highest BCUT2D eigenvalue weighted by Gasteiger charge is 2.36. The number of aliphatic imine (C=N–C) groups is 2. The van der Waals surface area contributed by atoms with Crippen LogP contribution >= 0.6 is 0 Å². The lowest BCUT2D eigenvalue weighted by Gasteiger charge is -2.24. The van der Waals surface area contributed by atoms with Gasteiger partial charge in [0.15, 0.2) is 34.5 Å². The van der Waals surface area contributed by atoms with Crippen molar-refractivity contribution in [3.05, 3.63) is 114 Å². The highest BCUT2D eigenvalue weighted by atomic mass is 16.7. The van der Waals surface area contributed by atoms with Crippen molar-refractivity contribution in [3.8, 4) is 34.5 Å². The normalized spacial score (nSPS) is 16.5. The Labute approximate surface area is 620 Å². The predicted octanol–water partition coefficient (Wildman–Crippen LogP) is 5.76. The molecule has 4 aromatic carbocycles. The summed E-state index contributed by atoms with van der Waals surface area (Å²) in [6.45, 7) is 11.7. The second-order valence-electron chi connectivity index (χ2n) is 25.5. The van der Waals surface area contributed by atoms with Gasteiger partial charge < -0.3 is 97.4 Å². The standard InChI is InChI=1S/C76H93N9O22/c1-49(2)72(82-69(87)16-21-96-23-25-98-27-29-100-31-33-102-35-36-103-34-32-101-30-28-99-26-24-97-22-17-77-68(86)15-18-83-70(88)13-14-71(83)89)74(91)80-50(3)73(90)81-55-10-7-51(8-11-55)53-37-56-44-78-60-42-66(63(94-4)40-58(60)75(92)84(56)46-53)104-19-6-20-105-67-43-61-59(41-64(67)95-5)76(93)85-47-54(38-57(85)45-79-61)52-9-12-62-65(39-52)107-48-106-62/h7-14,39-47,49-50,56-57,72H,6,15-38,48H2,1-5H3,(H,77,86)(H,80,91)(H,81,90)(H,82,87)/t50-,56-,57-,72+/m0/s1.